The summed E-state index contributed by atoms with van der Waals surface area (Å²) in [6.45, 7) is 3.59. The third kappa shape index (κ3) is 4.97. The van der Waals surface area contributed by atoms with Gasteiger partial charge < -0.3 is 10.1 Å². The molecular weight excluding hydrogens is 396 g/mol. The molecule has 0 aliphatic rings. The second kappa shape index (κ2) is 8.99. The monoisotopic (exact) mass is 414 g/mol. The van der Waals surface area contributed by atoms with Crippen molar-refractivity contribution in [2.45, 2.75) is 26.4 Å². The molecule has 0 saturated heterocycles. The average molecular weight is 415 g/mol. The van der Waals surface area contributed by atoms with Crippen molar-refractivity contribution in [3.63, 3.8) is 0 Å². The minimum absolute atomic E-state index is 0.159. The third-order valence-corrected chi connectivity index (χ3v) is 5.19. The number of hydrogen-bond donors (Lipinski definition) is 1. The summed E-state index contributed by atoms with van der Waals surface area (Å²) in [6.07, 6.45) is -0.0257. The second-order valence-corrected chi connectivity index (χ2v) is 7.43. The van der Waals surface area contributed by atoms with Crippen LogP contribution in [0.2, 0.25) is 5.02 Å². The van der Waals surface area contributed by atoms with Crippen LogP contribution in [-0.4, -0.2) is 23.0 Å². The molecule has 0 spiro atoms. The van der Waals surface area contributed by atoms with Crippen LogP contribution in [0.4, 0.5) is 5.69 Å². The smallest absolute Gasteiger partial charge is 0.358 e. The number of anilines is 1. The molecule has 0 saturated carbocycles. The highest BCUT2D eigenvalue weighted by atomic mass is 35.5. The van der Waals surface area contributed by atoms with Crippen LogP contribution in [0, 0.1) is 0 Å². The number of benzene rings is 2. The summed E-state index contributed by atoms with van der Waals surface area (Å²) in [6, 6.07) is 14.7. The van der Waals surface area contributed by atoms with Crippen molar-refractivity contribution in [1.82, 2.24) is 4.98 Å². The van der Waals surface area contributed by atoms with Crippen LogP contribution >= 0.6 is 22.9 Å². The van der Waals surface area contributed by atoms with Crippen molar-refractivity contribution in [1.29, 1.82) is 0 Å². The number of carbonyl (C=O) groups excluding carboxylic acids is 2. The molecule has 0 aliphatic carbocycles. The molecule has 0 unspecified atom stereocenters. The highest BCUT2D eigenvalue weighted by Crippen LogP contribution is 2.26. The molecule has 1 N–H and O–H groups in total. The molecule has 0 bridgehead atoms. The van der Waals surface area contributed by atoms with E-state index in [1.54, 1.807) is 17.5 Å². The largest absolute Gasteiger partial charge is 0.448 e. The van der Waals surface area contributed by atoms with Crippen molar-refractivity contribution >= 4 is 40.5 Å². The van der Waals surface area contributed by atoms with Gasteiger partial charge in [0.1, 0.15) is 5.01 Å². The number of aryl methyl sites for hydroxylation is 1. The van der Waals surface area contributed by atoms with Crippen molar-refractivity contribution in [3.8, 4) is 10.6 Å². The average Bonchev–Trinajstić information content (AvgIpc) is 3.19. The van der Waals surface area contributed by atoms with Crippen LogP contribution in [0.25, 0.3) is 10.6 Å². The summed E-state index contributed by atoms with van der Waals surface area (Å²) in [5.41, 5.74) is 2.81. The lowest BCUT2D eigenvalue weighted by atomic mass is 10.1. The standard InChI is InChI=1S/C21H19ClN2O3S/c1-3-14-7-9-17(10-8-14)23-19(25)13(2)27-21(26)18-12-28-20(24-18)15-5-4-6-16(22)11-15/h4-13H,3H2,1-2H3,(H,23,25)/t13-/m0/s1. The Bertz CT molecular complexity index is 985. The molecule has 0 radical (unpaired) electrons. The first-order chi connectivity index (χ1) is 13.5. The van der Waals surface area contributed by atoms with E-state index >= 15 is 0 Å². The van der Waals surface area contributed by atoms with Crippen molar-refractivity contribution < 1.29 is 14.3 Å². The molecule has 1 heterocycles. The minimum Gasteiger partial charge on any atom is -0.448 e. The van der Waals surface area contributed by atoms with Gasteiger partial charge in [-0.15, -0.1) is 11.3 Å². The summed E-state index contributed by atoms with van der Waals surface area (Å²) in [7, 11) is 0. The van der Waals surface area contributed by atoms with E-state index in [1.165, 1.54) is 23.8 Å². The number of halogens is 1. The molecule has 3 aromatic rings. The van der Waals surface area contributed by atoms with Gasteiger partial charge in [0, 0.05) is 21.7 Å². The van der Waals surface area contributed by atoms with E-state index in [9.17, 15) is 9.59 Å². The van der Waals surface area contributed by atoms with Gasteiger partial charge in [0.25, 0.3) is 5.91 Å². The van der Waals surface area contributed by atoms with E-state index in [-0.39, 0.29) is 5.69 Å². The Morgan fingerprint density at radius 1 is 1.21 bits per heavy atom. The molecule has 1 amide bonds. The molecule has 0 fully saturated rings. The molecule has 5 nitrogen and oxygen atoms in total. The van der Waals surface area contributed by atoms with Gasteiger partial charge in [-0.2, -0.15) is 0 Å². The van der Waals surface area contributed by atoms with E-state index < -0.39 is 18.0 Å². The highest BCUT2D eigenvalue weighted by Gasteiger charge is 2.21. The Morgan fingerprint density at radius 2 is 1.96 bits per heavy atom. The quantitative estimate of drug-likeness (QED) is 0.562. The number of nitrogens with one attached hydrogen (secondary N) is 1. The Labute approximate surface area is 172 Å². The number of carbonyl (C=O) groups is 2. The van der Waals surface area contributed by atoms with E-state index in [0.29, 0.717) is 15.7 Å². The van der Waals surface area contributed by atoms with Crippen LogP contribution in [0.1, 0.15) is 29.9 Å². The summed E-state index contributed by atoms with van der Waals surface area (Å²) in [4.78, 5) is 28.9. The predicted molar refractivity (Wildman–Crippen MR) is 112 cm³/mol. The summed E-state index contributed by atoms with van der Waals surface area (Å²) in [5.74, 6) is -1.04. The van der Waals surface area contributed by atoms with Crippen LogP contribution in [0.15, 0.2) is 53.9 Å². The SMILES string of the molecule is CCc1ccc(NC(=O)[C@H](C)OC(=O)c2csc(-c3cccc(Cl)c3)n2)cc1. The zero-order chi connectivity index (χ0) is 20.1. The molecule has 1 aromatic heterocycles. The Hall–Kier alpha value is -2.70. The van der Waals surface area contributed by atoms with Gasteiger partial charge in [-0.1, -0.05) is 42.8 Å². The fourth-order valence-corrected chi connectivity index (χ4v) is 3.44. The van der Waals surface area contributed by atoms with Gasteiger partial charge in [0.05, 0.1) is 0 Å². The van der Waals surface area contributed by atoms with Crippen LogP contribution in [0.5, 0.6) is 0 Å². The van der Waals surface area contributed by atoms with Gasteiger partial charge in [0.15, 0.2) is 11.8 Å². The molecule has 1 atom stereocenters. The van der Waals surface area contributed by atoms with E-state index in [0.717, 1.165) is 12.0 Å². The van der Waals surface area contributed by atoms with Crippen LogP contribution in [-0.2, 0) is 16.0 Å². The summed E-state index contributed by atoms with van der Waals surface area (Å²) < 4.78 is 5.26. The number of thiazole rings is 1. The lowest BCUT2D eigenvalue weighted by Gasteiger charge is -2.13. The highest BCUT2D eigenvalue weighted by molar-refractivity contribution is 7.13. The summed E-state index contributed by atoms with van der Waals surface area (Å²) in [5, 5.41) is 5.59. The van der Waals surface area contributed by atoms with Crippen molar-refractivity contribution in [2.75, 3.05) is 5.32 Å². The number of aromatic nitrogens is 1. The molecule has 3 rings (SSSR count). The zero-order valence-electron chi connectivity index (χ0n) is 15.4. The first-order valence-electron chi connectivity index (χ1n) is 8.78. The maximum absolute atomic E-state index is 12.3. The molecule has 28 heavy (non-hydrogen) atoms. The molecular formula is C21H19ClN2O3S. The number of rotatable bonds is 6. The van der Waals surface area contributed by atoms with Crippen LogP contribution in [0.3, 0.4) is 0 Å². The Morgan fingerprint density at radius 3 is 2.64 bits per heavy atom. The maximum atomic E-state index is 12.3. The minimum atomic E-state index is -0.949. The van der Waals surface area contributed by atoms with E-state index in [4.69, 9.17) is 16.3 Å². The van der Waals surface area contributed by atoms with Crippen molar-refractivity contribution in [2.24, 2.45) is 0 Å². The lowest BCUT2D eigenvalue weighted by Crippen LogP contribution is -2.30. The number of hydrogen-bond acceptors (Lipinski definition) is 5. The topological polar surface area (TPSA) is 68.3 Å². The zero-order valence-corrected chi connectivity index (χ0v) is 17.0. The fourth-order valence-electron chi connectivity index (χ4n) is 2.46. The number of nitrogens with zero attached hydrogens (tertiary/aromatic N) is 1. The fraction of sp³-hybridized carbons (Fsp3) is 0.190. The van der Waals surface area contributed by atoms with E-state index in [2.05, 4.69) is 17.2 Å². The number of ether oxygens (including phenoxy) is 1. The molecule has 0 aliphatic heterocycles. The molecule has 7 heteroatoms. The van der Waals surface area contributed by atoms with Gasteiger partial charge in [0.2, 0.25) is 0 Å². The van der Waals surface area contributed by atoms with Crippen LogP contribution < -0.4 is 5.32 Å². The lowest BCUT2D eigenvalue weighted by molar-refractivity contribution is -0.123. The van der Waals surface area contributed by atoms with Gasteiger partial charge in [-0.05, 0) is 43.2 Å². The first-order valence-corrected chi connectivity index (χ1v) is 10.0. The summed E-state index contributed by atoms with van der Waals surface area (Å²) >= 11 is 7.30. The Kier molecular flexibility index (Phi) is 6.44. The maximum Gasteiger partial charge on any atom is 0.358 e. The third-order valence-electron chi connectivity index (χ3n) is 4.07. The Balaban J connectivity index is 1.61. The number of esters is 1. The van der Waals surface area contributed by atoms with Gasteiger partial charge in [-0.25, -0.2) is 9.78 Å². The van der Waals surface area contributed by atoms with E-state index in [1.807, 2.05) is 36.4 Å². The molecule has 144 valence electrons. The molecule has 2 aromatic carbocycles. The normalized spacial score (nSPS) is 11.7. The van der Waals surface area contributed by atoms with Crippen molar-refractivity contribution in [3.05, 3.63) is 70.2 Å². The van der Waals surface area contributed by atoms with Gasteiger partial charge in [-0.3, -0.25) is 4.79 Å². The second-order valence-electron chi connectivity index (χ2n) is 6.14. The van der Waals surface area contributed by atoms with Gasteiger partial charge >= 0.3 is 5.97 Å². The first kappa shape index (κ1) is 20.0. The number of amides is 1. The predicted octanol–water partition coefficient (Wildman–Crippen LogP) is 5.21.